The lowest BCUT2D eigenvalue weighted by molar-refractivity contribution is 0.411. The molecule has 0 bridgehead atoms. The fraction of sp³-hybridized carbons (Fsp3) is 0.222. The second-order valence-corrected chi connectivity index (χ2v) is 2.99. The second-order valence-electron chi connectivity index (χ2n) is 2.99. The fourth-order valence-electron chi connectivity index (χ4n) is 1.22. The van der Waals surface area contributed by atoms with Crippen molar-refractivity contribution in [2.24, 2.45) is 0 Å². The van der Waals surface area contributed by atoms with Gasteiger partial charge in [-0.2, -0.15) is 0 Å². The van der Waals surface area contributed by atoms with Gasteiger partial charge in [0.25, 0.3) is 0 Å². The van der Waals surface area contributed by atoms with Crippen LogP contribution < -0.4 is 15.8 Å². The summed E-state index contributed by atoms with van der Waals surface area (Å²) in [5.74, 6) is 1.24. The average molecular weight is 221 g/mol. The van der Waals surface area contributed by atoms with Gasteiger partial charge in [-0.25, -0.2) is 9.97 Å². The summed E-state index contributed by atoms with van der Waals surface area (Å²) in [6, 6.07) is 1.75. The monoisotopic (exact) mass is 221 g/mol. The quantitative estimate of drug-likeness (QED) is 0.782. The number of aromatic nitrogens is 3. The SMILES string of the molecule is COc1c(N)ncnc1NCc1ccon1. The van der Waals surface area contributed by atoms with Crippen LogP contribution in [-0.4, -0.2) is 22.2 Å². The molecule has 84 valence electrons. The molecule has 0 saturated heterocycles. The summed E-state index contributed by atoms with van der Waals surface area (Å²) in [6.07, 6.45) is 2.87. The molecule has 2 aromatic heterocycles. The highest BCUT2D eigenvalue weighted by Gasteiger charge is 2.09. The number of hydrogen-bond donors (Lipinski definition) is 2. The van der Waals surface area contributed by atoms with Crippen molar-refractivity contribution in [2.45, 2.75) is 6.54 Å². The van der Waals surface area contributed by atoms with Gasteiger partial charge in [0.15, 0.2) is 11.6 Å². The van der Waals surface area contributed by atoms with E-state index >= 15 is 0 Å². The smallest absolute Gasteiger partial charge is 0.203 e. The molecule has 0 unspecified atom stereocenters. The summed E-state index contributed by atoms with van der Waals surface area (Å²) in [7, 11) is 1.51. The van der Waals surface area contributed by atoms with Crippen LogP contribution in [0.25, 0.3) is 0 Å². The maximum Gasteiger partial charge on any atom is 0.203 e. The van der Waals surface area contributed by atoms with Crippen LogP contribution in [0.5, 0.6) is 5.75 Å². The Morgan fingerprint density at radius 2 is 2.38 bits per heavy atom. The standard InChI is InChI=1S/C9H11N5O2/c1-15-7-8(10)12-5-13-9(7)11-4-6-2-3-16-14-6/h2-3,5H,4H2,1H3,(H3,10,11,12,13). The van der Waals surface area contributed by atoms with Gasteiger partial charge in [0.2, 0.25) is 5.75 Å². The van der Waals surface area contributed by atoms with E-state index in [0.29, 0.717) is 23.9 Å². The van der Waals surface area contributed by atoms with Gasteiger partial charge in [0, 0.05) is 6.07 Å². The van der Waals surface area contributed by atoms with Crippen LogP contribution in [0.15, 0.2) is 23.2 Å². The minimum Gasteiger partial charge on any atom is -0.490 e. The molecule has 0 saturated carbocycles. The zero-order chi connectivity index (χ0) is 11.4. The van der Waals surface area contributed by atoms with Crippen LogP contribution in [0.3, 0.4) is 0 Å². The highest BCUT2D eigenvalue weighted by molar-refractivity contribution is 5.61. The summed E-state index contributed by atoms with van der Waals surface area (Å²) in [5.41, 5.74) is 6.39. The lowest BCUT2D eigenvalue weighted by Gasteiger charge is -2.09. The van der Waals surface area contributed by atoms with Crippen LogP contribution in [0.1, 0.15) is 5.69 Å². The lowest BCUT2D eigenvalue weighted by Crippen LogP contribution is -2.06. The number of nitrogens with zero attached hydrogens (tertiary/aromatic N) is 3. The third-order valence-electron chi connectivity index (χ3n) is 1.96. The predicted octanol–water partition coefficient (Wildman–Crippen LogP) is 0.668. The number of nitrogen functional groups attached to an aromatic ring is 1. The van der Waals surface area contributed by atoms with E-state index in [2.05, 4.69) is 20.4 Å². The Morgan fingerprint density at radius 1 is 1.50 bits per heavy atom. The van der Waals surface area contributed by atoms with Crippen LogP contribution in [0.4, 0.5) is 11.6 Å². The van der Waals surface area contributed by atoms with Gasteiger partial charge in [0.1, 0.15) is 18.3 Å². The van der Waals surface area contributed by atoms with Crippen molar-refractivity contribution in [2.75, 3.05) is 18.2 Å². The second kappa shape index (κ2) is 4.47. The number of methoxy groups -OCH3 is 1. The van der Waals surface area contributed by atoms with Gasteiger partial charge in [-0.3, -0.25) is 0 Å². The summed E-state index contributed by atoms with van der Waals surface area (Å²) in [4.78, 5) is 7.85. The van der Waals surface area contributed by atoms with E-state index in [0.717, 1.165) is 5.69 Å². The van der Waals surface area contributed by atoms with Gasteiger partial charge >= 0.3 is 0 Å². The summed E-state index contributed by atoms with van der Waals surface area (Å²) < 4.78 is 9.79. The molecular formula is C9H11N5O2. The van der Waals surface area contributed by atoms with E-state index in [4.69, 9.17) is 15.0 Å². The molecule has 0 spiro atoms. The Hall–Kier alpha value is -2.31. The molecule has 0 aliphatic heterocycles. The highest BCUT2D eigenvalue weighted by Crippen LogP contribution is 2.26. The Balaban J connectivity index is 2.12. The van der Waals surface area contributed by atoms with Gasteiger partial charge in [-0.15, -0.1) is 0 Å². The molecule has 2 heterocycles. The number of nitrogens with two attached hydrogens (primary N) is 1. The van der Waals surface area contributed by atoms with Crippen molar-refractivity contribution in [3.05, 3.63) is 24.4 Å². The Kier molecular flexibility index (Phi) is 2.86. The van der Waals surface area contributed by atoms with Crippen molar-refractivity contribution in [3.8, 4) is 5.75 Å². The Morgan fingerprint density at radius 3 is 3.06 bits per heavy atom. The molecule has 3 N–H and O–H groups in total. The average Bonchev–Trinajstić information content (AvgIpc) is 2.79. The van der Waals surface area contributed by atoms with Crippen LogP contribution in [0.2, 0.25) is 0 Å². The minimum atomic E-state index is 0.292. The molecule has 7 heteroatoms. The molecule has 0 aliphatic rings. The molecule has 0 atom stereocenters. The van der Waals surface area contributed by atoms with Crippen molar-refractivity contribution >= 4 is 11.6 Å². The topological polar surface area (TPSA) is 99.1 Å². The molecule has 16 heavy (non-hydrogen) atoms. The van der Waals surface area contributed by atoms with Gasteiger partial charge < -0.3 is 20.3 Å². The largest absolute Gasteiger partial charge is 0.490 e. The first-order chi connectivity index (χ1) is 7.81. The highest BCUT2D eigenvalue weighted by atomic mass is 16.5. The first-order valence-corrected chi connectivity index (χ1v) is 4.59. The van der Waals surface area contributed by atoms with E-state index < -0.39 is 0 Å². The van der Waals surface area contributed by atoms with Crippen LogP contribution in [-0.2, 0) is 6.54 Å². The maximum absolute atomic E-state index is 5.63. The summed E-state index contributed by atoms with van der Waals surface area (Å²) >= 11 is 0. The van der Waals surface area contributed by atoms with E-state index in [-0.39, 0.29) is 0 Å². The fourth-order valence-corrected chi connectivity index (χ4v) is 1.22. The maximum atomic E-state index is 5.63. The summed E-state index contributed by atoms with van der Waals surface area (Å²) in [5, 5.41) is 6.79. The Bertz CT molecular complexity index is 457. The third-order valence-corrected chi connectivity index (χ3v) is 1.96. The van der Waals surface area contributed by atoms with Crippen LogP contribution in [0, 0.1) is 0 Å². The molecule has 2 rings (SSSR count). The Labute approximate surface area is 91.6 Å². The van der Waals surface area contributed by atoms with Gasteiger partial charge in [-0.05, 0) is 0 Å². The van der Waals surface area contributed by atoms with E-state index in [1.54, 1.807) is 6.07 Å². The zero-order valence-corrected chi connectivity index (χ0v) is 8.67. The predicted molar refractivity (Wildman–Crippen MR) is 56.8 cm³/mol. The van der Waals surface area contributed by atoms with Gasteiger partial charge in [-0.1, -0.05) is 5.16 Å². The summed E-state index contributed by atoms with van der Waals surface area (Å²) in [6.45, 7) is 0.476. The molecule has 0 aliphatic carbocycles. The van der Waals surface area contributed by atoms with Crippen LogP contribution >= 0.6 is 0 Å². The molecular weight excluding hydrogens is 210 g/mol. The third kappa shape index (κ3) is 2.02. The molecule has 0 aromatic carbocycles. The number of hydrogen-bond acceptors (Lipinski definition) is 7. The number of anilines is 2. The molecule has 0 fully saturated rings. The van der Waals surface area contributed by atoms with Crippen molar-refractivity contribution in [1.82, 2.24) is 15.1 Å². The van der Waals surface area contributed by atoms with E-state index in [1.165, 1.54) is 19.7 Å². The number of nitrogens with one attached hydrogen (secondary N) is 1. The van der Waals surface area contributed by atoms with Crippen molar-refractivity contribution < 1.29 is 9.26 Å². The van der Waals surface area contributed by atoms with Gasteiger partial charge in [0.05, 0.1) is 13.7 Å². The van der Waals surface area contributed by atoms with E-state index in [9.17, 15) is 0 Å². The molecule has 0 amide bonds. The molecule has 0 radical (unpaired) electrons. The van der Waals surface area contributed by atoms with Crippen molar-refractivity contribution in [1.29, 1.82) is 0 Å². The first kappa shape index (κ1) is 10.2. The van der Waals surface area contributed by atoms with Crippen molar-refractivity contribution in [3.63, 3.8) is 0 Å². The molecule has 7 nitrogen and oxygen atoms in total. The number of rotatable bonds is 4. The lowest BCUT2D eigenvalue weighted by atomic mass is 10.4. The normalized spacial score (nSPS) is 10.1. The van der Waals surface area contributed by atoms with E-state index in [1.807, 2.05) is 0 Å². The molecule has 2 aromatic rings. The zero-order valence-electron chi connectivity index (χ0n) is 8.67. The number of ether oxygens (including phenoxy) is 1. The first-order valence-electron chi connectivity index (χ1n) is 4.59. The minimum absolute atomic E-state index is 0.292.